The van der Waals surface area contributed by atoms with Gasteiger partial charge in [-0.05, 0) is 0 Å². The van der Waals surface area contributed by atoms with Crippen LogP contribution in [0.15, 0.2) is 12.7 Å². The standard InChI is InChI=1S/C6H16O3Si.C3H7N/c1-5-6-10(7-2,8-3)9-4;1-2-3-4/h5-6H2,1-4H3;2H,1,3-4H2. The summed E-state index contributed by atoms with van der Waals surface area (Å²) >= 11 is 0. The quantitative estimate of drug-likeness (QED) is 0.544. The van der Waals surface area contributed by atoms with E-state index in [2.05, 4.69) is 13.5 Å². The molecule has 0 aliphatic rings. The van der Waals surface area contributed by atoms with Crippen LogP contribution in [0.3, 0.4) is 0 Å². The third-order valence-electron chi connectivity index (χ3n) is 1.66. The molecule has 0 aromatic carbocycles. The summed E-state index contributed by atoms with van der Waals surface area (Å²) in [4.78, 5) is 0. The first-order chi connectivity index (χ1) is 6.66. The lowest BCUT2D eigenvalue weighted by Crippen LogP contribution is -2.42. The van der Waals surface area contributed by atoms with Crippen LogP contribution in [0.2, 0.25) is 6.04 Å². The van der Waals surface area contributed by atoms with Crippen LogP contribution < -0.4 is 5.73 Å². The van der Waals surface area contributed by atoms with Gasteiger partial charge in [-0.2, -0.15) is 0 Å². The van der Waals surface area contributed by atoms with Crippen molar-refractivity contribution in [3.63, 3.8) is 0 Å². The maximum absolute atomic E-state index is 5.17. The van der Waals surface area contributed by atoms with Gasteiger partial charge in [0, 0.05) is 33.9 Å². The van der Waals surface area contributed by atoms with E-state index in [9.17, 15) is 0 Å². The van der Waals surface area contributed by atoms with Crippen LogP contribution in [0, 0.1) is 0 Å². The Morgan fingerprint density at radius 2 is 1.57 bits per heavy atom. The maximum Gasteiger partial charge on any atom is 0.500 e. The van der Waals surface area contributed by atoms with Gasteiger partial charge in [0.25, 0.3) is 0 Å². The van der Waals surface area contributed by atoms with Crippen molar-refractivity contribution in [1.82, 2.24) is 0 Å². The molecule has 4 nitrogen and oxygen atoms in total. The summed E-state index contributed by atoms with van der Waals surface area (Å²) in [6.45, 7) is 6.02. The summed E-state index contributed by atoms with van der Waals surface area (Å²) in [5, 5.41) is 0. The summed E-state index contributed by atoms with van der Waals surface area (Å²) in [5.74, 6) is 0. The van der Waals surface area contributed by atoms with Crippen molar-refractivity contribution in [3.8, 4) is 0 Å². The first-order valence-electron chi connectivity index (χ1n) is 4.62. The summed E-state index contributed by atoms with van der Waals surface area (Å²) < 4.78 is 15.5. The number of rotatable bonds is 6. The van der Waals surface area contributed by atoms with Crippen molar-refractivity contribution in [2.45, 2.75) is 19.4 Å². The Balaban J connectivity index is 0. The van der Waals surface area contributed by atoms with Crippen molar-refractivity contribution in [2.24, 2.45) is 5.73 Å². The van der Waals surface area contributed by atoms with Gasteiger partial charge in [0.15, 0.2) is 0 Å². The molecule has 5 heteroatoms. The lowest BCUT2D eigenvalue weighted by molar-refractivity contribution is 0.123. The van der Waals surface area contributed by atoms with E-state index < -0.39 is 8.80 Å². The van der Waals surface area contributed by atoms with Crippen molar-refractivity contribution < 1.29 is 13.3 Å². The second-order valence-electron chi connectivity index (χ2n) is 2.57. The third kappa shape index (κ3) is 7.22. The molecule has 0 unspecified atom stereocenters. The number of hydrogen-bond acceptors (Lipinski definition) is 4. The molecule has 0 amide bonds. The van der Waals surface area contributed by atoms with Crippen molar-refractivity contribution in [2.75, 3.05) is 27.9 Å². The highest BCUT2D eigenvalue weighted by Crippen LogP contribution is 2.13. The summed E-state index contributed by atoms with van der Waals surface area (Å²) in [6.07, 6.45) is 2.68. The molecule has 0 aromatic heterocycles. The molecule has 0 aliphatic carbocycles. The van der Waals surface area contributed by atoms with Gasteiger partial charge >= 0.3 is 8.80 Å². The van der Waals surface area contributed by atoms with Gasteiger partial charge < -0.3 is 19.0 Å². The Labute approximate surface area is 88.4 Å². The SMILES string of the molecule is C=CCN.CCC[Si](OC)(OC)OC. The first kappa shape index (κ1) is 16.2. The molecule has 0 atom stereocenters. The molecule has 0 bridgehead atoms. The summed E-state index contributed by atoms with van der Waals surface area (Å²) in [5.41, 5.74) is 4.91. The third-order valence-corrected chi connectivity index (χ3v) is 4.63. The van der Waals surface area contributed by atoms with Crippen LogP contribution in [0.5, 0.6) is 0 Å². The highest BCUT2D eigenvalue weighted by Gasteiger charge is 2.36. The van der Waals surface area contributed by atoms with E-state index in [0.717, 1.165) is 12.5 Å². The van der Waals surface area contributed by atoms with Crippen LogP contribution in [-0.4, -0.2) is 36.7 Å². The van der Waals surface area contributed by atoms with Crippen LogP contribution in [-0.2, 0) is 13.3 Å². The fourth-order valence-electron chi connectivity index (χ4n) is 0.862. The molecule has 0 fully saturated rings. The van der Waals surface area contributed by atoms with Crippen LogP contribution in [0.4, 0.5) is 0 Å². The van der Waals surface area contributed by atoms with E-state index in [1.54, 1.807) is 27.4 Å². The predicted molar refractivity (Wildman–Crippen MR) is 61.1 cm³/mol. The second-order valence-corrected chi connectivity index (χ2v) is 5.66. The molecular weight excluding hydrogens is 198 g/mol. The summed E-state index contributed by atoms with van der Waals surface area (Å²) in [7, 11) is 2.68. The molecule has 0 heterocycles. The normalized spacial score (nSPS) is 10.4. The Kier molecular flexibility index (Phi) is 12.6. The van der Waals surface area contributed by atoms with Crippen molar-refractivity contribution in [1.29, 1.82) is 0 Å². The fraction of sp³-hybridized carbons (Fsp3) is 0.778. The van der Waals surface area contributed by atoms with Gasteiger partial charge in [0.05, 0.1) is 0 Å². The Morgan fingerprint density at radius 3 is 1.64 bits per heavy atom. The summed E-state index contributed by atoms with van der Waals surface area (Å²) in [6, 6.07) is 0.885. The van der Waals surface area contributed by atoms with Crippen molar-refractivity contribution in [3.05, 3.63) is 12.7 Å². The highest BCUT2D eigenvalue weighted by molar-refractivity contribution is 6.60. The predicted octanol–water partition coefficient (Wildman–Crippen LogP) is 1.41. The van der Waals surface area contributed by atoms with Gasteiger partial charge in [-0.15, -0.1) is 6.58 Å². The van der Waals surface area contributed by atoms with Crippen molar-refractivity contribution >= 4 is 8.80 Å². The molecular formula is C9H23NO3Si. The van der Waals surface area contributed by atoms with Gasteiger partial charge in [0.2, 0.25) is 0 Å². The maximum atomic E-state index is 5.17. The zero-order valence-electron chi connectivity index (χ0n) is 9.71. The molecule has 0 spiro atoms. The molecule has 2 N–H and O–H groups in total. The van der Waals surface area contributed by atoms with E-state index in [1.165, 1.54) is 0 Å². The Morgan fingerprint density at radius 1 is 1.21 bits per heavy atom. The van der Waals surface area contributed by atoms with E-state index >= 15 is 0 Å². The molecule has 86 valence electrons. The van der Waals surface area contributed by atoms with Gasteiger partial charge in [-0.1, -0.05) is 19.4 Å². The monoisotopic (exact) mass is 221 g/mol. The molecule has 14 heavy (non-hydrogen) atoms. The van der Waals surface area contributed by atoms with Gasteiger partial charge in [-0.3, -0.25) is 0 Å². The van der Waals surface area contributed by atoms with Crippen LogP contribution in [0.1, 0.15) is 13.3 Å². The first-order valence-corrected chi connectivity index (χ1v) is 6.55. The number of nitrogens with two attached hydrogens (primary N) is 1. The van der Waals surface area contributed by atoms with E-state index in [0.29, 0.717) is 6.54 Å². The molecule has 0 aromatic rings. The molecule has 0 saturated heterocycles. The largest absolute Gasteiger partial charge is 0.500 e. The molecule has 0 aliphatic heterocycles. The average molecular weight is 221 g/mol. The zero-order chi connectivity index (χ0) is 11.4. The minimum atomic E-state index is -2.22. The van der Waals surface area contributed by atoms with Gasteiger partial charge in [-0.25, -0.2) is 0 Å². The minimum absolute atomic E-state index is 0.583. The number of hydrogen-bond donors (Lipinski definition) is 1. The van der Waals surface area contributed by atoms with E-state index in [4.69, 9.17) is 19.0 Å². The topological polar surface area (TPSA) is 53.7 Å². The fourth-order valence-corrected chi connectivity index (χ4v) is 2.59. The Hall–Kier alpha value is -0.203. The lowest BCUT2D eigenvalue weighted by Gasteiger charge is -2.23. The molecule has 0 radical (unpaired) electrons. The lowest BCUT2D eigenvalue weighted by atomic mass is 10.6. The zero-order valence-corrected chi connectivity index (χ0v) is 10.7. The smallest absolute Gasteiger partial charge is 0.377 e. The molecule has 0 rings (SSSR count). The van der Waals surface area contributed by atoms with Crippen LogP contribution in [0.25, 0.3) is 0 Å². The van der Waals surface area contributed by atoms with Crippen LogP contribution >= 0.6 is 0 Å². The van der Waals surface area contributed by atoms with Gasteiger partial charge in [0.1, 0.15) is 0 Å². The highest BCUT2D eigenvalue weighted by atomic mass is 28.4. The minimum Gasteiger partial charge on any atom is -0.377 e. The Bertz CT molecular complexity index is 121. The second kappa shape index (κ2) is 10.9. The van der Waals surface area contributed by atoms with E-state index in [1.807, 2.05) is 0 Å². The molecule has 0 saturated carbocycles. The average Bonchev–Trinajstić information content (AvgIpc) is 2.26. The van der Waals surface area contributed by atoms with E-state index in [-0.39, 0.29) is 0 Å².